The summed E-state index contributed by atoms with van der Waals surface area (Å²) < 4.78 is 11.7. The molecule has 0 saturated carbocycles. The summed E-state index contributed by atoms with van der Waals surface area (Å²) in [6, 6.07) is 44.0. The summed E-state index contributed by atoms with van der Waals surface area (Å²) in [5, 5.41) is 10.7. The van der Waals surface area contributed by atoms with Crippen LogP contribution in [-0.4, -0.2) is 4.57 Å². The first-order chi connectivity index (χ1) is 23.7. The van der Waals surface area contributed by atoms with Crippen molar-refractivity contribution in [1.82, 2.24) is 4.57 Å². The number of furan rings is 1. The van der Waals surface area contributed by atoms with Crippen molar-refractivity contribution in [2.24, 2.45) is 0 Å². The number of aromatic nitrogens is 1. The molecular formula is C44H26ClNOS. The van der Waals surface area contributed by atoms with Gasteiger partial charge in [0.2, 0.25) is 0 Å². The SMILES string of the molecule is Clc1ccc2c(c1)oc1c(-c3ccc4c5c6ccccc6c6c(c5n(-c5ccc7c(c5)sc5ccccc57)c4c3)C=CCC6)cccc12. The summed E-state index contributed by atoms with van der Waals surface area (Å²) in [4.78, 5) is 0. The van der Waals surface area contributed by atoms with E-state index in [0.29, 0.717) is 5.02 Å². The number of aryl methyl sites for hydroxylation is 1. The number of allylic oxidation sites excluding steroid dienone is 1. The van der Waals surface area contributed by atoms with E-state index < -0.39 is 0 Å². The Morgan fingerprint density at radius 2 is 1.44 bits per heavy atom. The first-order valence-corrected chi connectivity index (χ1v) is 17.6. The number of hydrogen-bond acceptors (Lipinski definition) is 2. The lowest BCUT2D eigenvalue weighted by molar-refractivity contribution is 0.670. The lowest BCUT2D eigenvalue weighted by Crippen LogP contribution is -2.01. The minimum atomic E-state index is 0.675. The number of hydrogen-bond donors (Lipinski definition) is 0. The molecule has 0 aliphatic heterocycles. The molecule has 0 saturated heterocycles. The van der Waals surface area contributed by atoms with Crippen molar-refractivity contribution < 1.29 is 4.42 Å². The van der Waals surface area contributed by atoms with Gasteiger partial charge in [0, 0.05) is 69.6 Å². The minimum absolute atomic E-state index is 0.675. The quantitative estimate of drug-likeness (QED) is 0.182. The number of para-hydroxylation sites is 1. The van der Waals surface area contributed by atoms with E-state index in [9.17, 15) is 0 Å². The van der Waals surface area contributed by atoms with E-state index in [1.807, 2.05) is 23.5 Å². The Hall–Kier alpha value is -5.35. The van der Waals surface area contributed by atoms with Crippen LogP contribution in [0.5, 0.6) is 0 Å². The third kappa shape index (κ3) is 3.63. The molecule has 0 amide bonds. The van der Waals surface area contributed by atoms with Gasteiger partial charge in [-0.2, -0.15) is 0 Å². The highest BCUT2D eigenvalue weighted by atomic mass is 35.5. The largest absolute Gasteiger partial charge is 0.455 e. The normalized spacial score (nSPS) is 13.3. The highest BCUT2D eigenvalue weighted by Crippen LogP contribution is 2.46. The van der Waals surface area contributed by atoms with Gasteiger partial charge in [0.05, 0.1) is 11.0 Å². The zero-order chi connectivity index (χ0) is 31.5. The maximum Gasteiger partial charge on any atom is 0.143 e. The van der Waals surface area contributed by atoms with E-state index in [0.717, 1.165) is 45.9 Å². The first kappa shape index (κ1) is 26.7. The van der Waals surface area contributed by atoms with Gasteiger partial charge in [0.15, 0.2) is 0 Å². The van der Waals surface area contributed by atoms with Crippen LogP contribution >= 0.6 is 22.9 Å². The molecule has 7 aromatic carbocycles. The Bertz CT molecular complexity index is 3030. The molecular weight excluding hydrogens is 626 g/mol. The molecule has 48 heavy (non-hydrogen) atoms. The second-order valence-corrected chi connectivity index (χ2v) is 14.4. The van der Waals surface area contributed by atoms with E-state index >= 15 is 0 Å². The van der Waals surface area contributed by atoms with Crippen molar-refractivity contribution in [2.45, 2.75) is 12.8 Å². The summed E-state index contributed by atoms with van der Waals surface area (Å²) in [6.45, 7) is 0. The topological polar surface area (TPSA) is 18.1 Å². The summed E-state index contributed by atoms with van der Waals surface area (Å²) in [7, 11) is 0. The van der Waals surface area contributed by atoms with Crippen molar-refractivity contribution in [2.75, 3.05) is 0 Å². The van der Waals surface area contributed by atoms with E-state index in [-0.39, 0.29) is 0 Å². The maximum absolute atomic E-state index is 6.51. The van der Waals surface area contributed by atoms with Gasteiger partial charge in [0.25, 0.3) is 0 Å². The van der Waals surface area contributed by atoms with Gasteiger partial charge in [-0.25, -0.2) is 0 Å². The molecule has 0 atom stereocenters. The molecule has 4 heteroatoms. The number of nitrogens with zero attached hydrogens (tertiary/aromatic N) is 1. The second-order valence-electron chi connectivity index (χ2n) is 12.9. The molecule has 0 fully saturated rings. The molecule has 11 rings (SSSR count). The smallest absolute Gasteiger partial charge is 0.143 e. The van der Waals surface area contributed by atoms with Crippen LogP contribution in [0.2, 0.25) is 5.02 Å². The molecule has 0 unspecified atom stereocenters. The lowest BCUT2D eigenvalue weighted by atomic mass is 9.88. The number of halogens is 1. The van der Waals surface area contributed by atoms with Gasteiger partial charge in [-0.15, -0.1) is 11.3 Å². The monoisotopic (exact) mass is 651 g/mol. The van der Waals surface area contributed by atoms with E-state index in [2.05, 4.69) is 126 Å². The van der Waals surface area contributed by atoms with Crippen LogP contribution in [-0.2, 0) is 6.42 Å². The van der Waals surface area contributed by atoms with Gasteiger partial charge in [-0.05, 0) is 71.1 Å². The van der Waals surface area contributed by atoms with Crippen molar-refractivity contribution in [3.05, 3.63) is 144 Å². The zero-order valence-corrected chi connectivity index (χ0v) is 27.3. The summed E-state index contributed by atoms with van der Waals surface area (Å²) in [5.41, 5.74) is 10.3. The van der Waals surface area contributed by atoms with Crippen LogP contribution < -0.4 is 0 Å². The molecule has 2 nitrogen and oxygen atoms in total. The van der Waals surface area contributed by atoms with Crippen molar-refractivity contribution in [3.63, 3.8) is 0 Å². The van der Waals surface area contributed by atoms with Crippen LogP contribution in [0.4, 0.5) is 0 Å². The Labute approximate surface area is 284 Å². The van der Waals surface area contributed by atoms with Gasteiger partial charge in [0.1, 0.15) is 11.2 Å². The fraction of sp³-hybridized carbons (Fsp3) is 0.0455. The van der Waals surface area contributed by atoms with E-state index in [1.165, 1.54) is 69.6 Å². The van der Waals surface area contributed by atoms with Crippen molar-refractivity contribution >= 4 is 104 Å². The van der Waals surface area contributed by atoms with Crippen LogP contribution in [0.1, 0.15) is 17.5 Å². The van der Waals surface area contributed by atoms with Crippen molar-refractivity contribution in [1.29, 1.82) is 0 Å². The second kappa shape index (κ2) is 9.84. The predicted molar refractivity (Wildman–Crippen MR) is 206 cm³/mol. The van der Waals surface area contributed by atoms with E-state index in [1.54, 1.807) is 0 Å². The third-order valence-corrected chi connectivity index (χ3v) is 11.7. The average Bonchev–Trinajstić information content (AvgIpc) is 3.80. The molecule has 0 bridgehead atoms. The molecule has 0 spiro atoms. The molecule has 226 valence electrons. The van der Waals surface area contributed by atoms with E-state index in [4.69, 9.17) is 16.0 Å². The zero-order valence-electron chi connectivity index (χ0n) is 25.8. The Morgan fingerprint density at radius 1 is 0.646 bits per heavy atom. The molecule has 0 N–H and O–H groups in total. The molecule has 3 aromatic heterocycles. The first-order valence-electron chi connectivity index (χ1n) is 16.4. The van der Waals surface area contributed by atoms with Crippen LogP contribution in [0.3, 0.4) is 0 Å². The fourth-order valence-corrected chi connectivity index (χ4v) is 9.54. The molecule has 1 aliphatic rings. The third-order valence-electron chi connectivity index (χ3n) is 10.3. The maximum atomic E-state index is 6.51. The van der Waals surface area contributed by atoms with Crippen LogP contribution in [0, 0.1) is 0 Å². The lowest BCUT2D eigenvalue weighted by Gasteiger charge is -2.18. The standard InChI is InChI=1S/C44H26ClNOS/c45-26-17-20-31-36-14-7-13-28(44(36)47-39(31)23-26)25-16-19-37-38(22-25)46(27-18-21-33-32-10-5-6-15-40(32)48-41(33)24-27)43-35-12-4-2-9-30(35)29-8-1-3-11-34(29)42(37)43/h1,3-8,10-24H,2,9H2. The molecule has 3 heterocycles. The number of thiophene rings is 1. The number of benzene rings is 7. The fourth-order valence-electron chi connectivity index (χ4n) is 8.23. The van der Waals surface area contributed by atoms with Crippen LogP contribution in [0.25, 0.3) is 97.6 Å². The Balaban J connectivity index is 1.28. The van der Waals surface area contributed by atoms with Crippen molar-refractivity contribution in [3.8, 4) is 16.8 Å². The summed E-state index contributed by atoms with van der Waals surface area (Å²) in [5.74, 6) is 0. The average molecular weight is 652 g/mol. The highest BCUT2D eigenvalue weighted by Gasteiger charge is 2.23. The Kier molecular flexibility index (Phi) is 5.47. The number of rotatable bonds is 2. The molecule has 10 aromatic rings. The Morgan fingerprint density at radius 3 is 2.38 bits per heavy atom. The van der Waals surface area contributed by atoms with Gasteiger partial charge < -0.3 is 8.98 Å². The molecule has 0 radical (unpaired) electrons. The van der Waals surface area contributed by atoms with Gasteiger partial charge in [-0.3, -0.25) is 0 Å². The predicted octanol–water partition coefficient (Wildman–Crippen LogP) is 13.5. The van der Waals surface area contributed by atoms with Gasteiger partial charge in [-0.1, -0.05) is 103 Å². The summed E-state index contributed by atoms with van der Waals surface area (Å²) >= 11 is 8.24. The van der Waals surface area contributed by atoms with Gasteiger partial charge >= 0.3 is 0 Å². The van der Waals surface area contributed by atoms with Crippen LogP contribution in [0.15, 0.2) is 132 Å². The highest BCUT2D eigenvalue weighted by molar-refractivity contribution is 7.25. The number of fused-ring (bicyclic) bond motifs is 14. The minimum Gasteiger partial charge on any atom is -0.455 e. The molecule has 1 aliphatic carbocycles. The summed E-state index contributed by atoms with van der Waals surface area (Å²) in [6.07, 6.45) is 6.81.